The fourth-order valence-electron chi connectivity index (χ4n) is 3.82. The molecule has 3 aromatic heterocycles. The number of fused-ring (bicyclic) bond motifs is 1. The predicted molar refractivity (Wildman–Crippen MR) is 108 cm³/mol. The van der Waals surface area contributed by atoms with Gasteiger partial charge in [-0.2, -0.15) is 0 Å². The third-order valence-corrected chi connectivity index (χ3v) is 6.26. The van der Waals surface area contributed by atoms with Gasteiger partial charge in [-0.3, -0.25) is 9.30 Å². The van der Waals surface area contributed by atoms with Crippen molar-refractivity contribution >= 4 is 17.0 Å². The Bertz CT molecular complexity index is 1080. The smallest absolute Gasteiger partial charge is 0.160 e. The van der Waals surface area contributed by atoms with Gasteiger partial charge in [0.1, 0.15) is 16.6 Å². The van der Waals surface area contributed by atoms with E-state index in [-0.39, 0.29) is 5.82 Å². The van der Waals surface area contributed by atoms with Gasteiger partial charge in [-0.25, -0.2) is 9.37 Å². The monoisotopic (exact) mass is 393 g/mol. The van der Waals surface area contributed by atoms with E-state index in [1.54, 1.807) is 23.5 Å². The van der Waals surface area contributed by atoms with Gasteiger partial charge in [-0.1, -0.05) is 6.07 Å². The van der Waals surface area contributed by atoms with Crippen LogP contribution in [0.2, 0.25) is 0 Å². The van der Waals surface area contributed by atoms with Crippen LogP contribution in [-0.4, -0.2) is 37.6 Å². The van der Waals surface area contributed by atoms with Crippen LogP contribution in [0.3, 0.4) is 0 Å². The molecule has 1 aliphatic rings. The molecule has 0 amide bonds. The molecule has 1 saturated heterocycles. The molecule has 0 bridgehead atoms. The Hall–Kier alpha value is -2.64. The van der Waals surface area contributed by atoms with Crippen LogP contribution in [0.4, 0.5) is 4.39 Å². The number of pyridine rings is 1. The van der Waals surface area contributed by atoms with Crippen molar-refractivity contribution in [1.29, 1.82) is 0 Å². The summed E-state index contributed by atoms with van der Waals surface area (Å²) >= 11 is 1.62. The van der Waals surface area contributed by atoms with Crippen molar-refractivity contribution in [1.82, 2.24) is 24.5 Å². The van der Waals surface area contributed by atoms with Gasteiger partial charge in [0.25, 0.3) is 0 Å². The van der Waals surface area contributed by atoms with Gasteiger partial charge < -0.3 is 0 Å². The van der Waals surface area contributed by atoms with E-state index < -0.39 is 0 Å². The molecule has 0 N–H and O–H groups in total. The van der Waals surface area contributed by atoms with Gasteiger partial charge in [0.05, 0.1) is 5.69 Å². The van der Waals surface area contributed by atoms with E-state index in [4.69, 9.17) is 4.98 Å². The standard InChI is InChI=1S/C21H20FN5S/c22-17-6-4-16(5-7-17)21-23-18(14-28-21)13-26-11-8-15(9-12-26)20-25-24-19-3-1-2-10-27(19)20/h1-7,10,14-15H,8-9,11-13H2. The van der Waals surface area contributed by atoms with Crippen molar-refractivity contribution in [3.05, 3.63) is 71.4 Å². The normalized spacial score (nSPS) is 16.0. The Morgan fingerprint density at radius 1 is 1.04 bits per heavy atom. The zero-order valence-corrected chi connectivity index (χ0v) is 16.1. The Morgan fingerprint density at radius 3 is 2.68 bits per heavy atom. The number of thiazole rings is 1. The van der Waals surface area contributed by atoms with Gasteiger partial charge in [0.2, 0.25) is 0 Å². The van der Waals surface area contributed by atoms with E-state index in [0.717, 1.165) is 60.2 Å². The lowest BCUT2D eigenvalue weighted by atomic mass is 9.96. The molecule has 1 aromatic carbocycles. The molecule has 28 heavy (non-hydrogen) atoms. The molecule has 5 nitrogen and oxygen atoms in total. The summed E-state index contributed by atoms with van der Waals surface area (Å²) in [6.45, 7) is 2.90. The topological polar surface area (TPSA) is 46.3 Å². The average Bonchev–Trinajstić information content (AvgIpc) is 3.36. The summed E-state index contributed by atoms with van der Waals surface area (Å²) in [5.74, 6) is 1.30. The first kappa shape index (κ1) is 17.5. The summed E-state index contributed by atoms with van der Waals surface area (Å²) in [4.78, 5) is 7.19. The largest absolute Gasteiger partial charge is 0.297 e. The fourth-order valence-corrected chi connectivity index (χ4v) is 4.64. The molecule has 142 valence electrons. The summed E-state index contributed by atoms with van der Waals surface area (Å²) in [5.41, 5.74) is 2.96. The quantitative estimate of drug-likeness (QED) is 0.516. The van der Waals surface area contributed by atoms with Crippen molar-refractivity contribution in [3.63, 3.8) is 0 Å². The summed E-state index contributed by atoms with van der Waals surface area (Å²) in [5, 5.41) is 11.8. The van der Waals surface area contributed by atoms with Gasteiger partial charge in [0, 0.05) is 29.6 Å². The maximum atomic E-state index is 13.1. The maximum absolute atomic E-state index is 13.1. The van der Waals surface area contributed by atoms with Crippen LogP contribution in [0, 0.1) is 5.82 Å². The third kappa shape index (κ3) is 3.43. The molecule has 0 saturated carbocycles. The van der Waals surface area contributed by atoms with Crippen LogP contribution < -0.4 is 0 Å². The van der Waals surface area contributed by atoms with Crippen molar-refractivity contribution in [3.8, 4) is 10.6 Å². The number of benzene rings is 1. The molecule has 5 rings (SSSR count). The summed E-state index contributed by atoms with van der Waals surface area (Å²) < 4.78 is 15.2. The van der Waals surface area contributed by atoms with E-state index >= 15 is 0 Å². The van der Waals surface area contributed by atoms with E-state index in [1.165, 1.54) is 12.1 Å². The molecule has 0 atom stereocenters. The maximum Gasteiger partial charge on any atom is 0.160 e. The first-order valence-corrected chi connectivity index (χ1v) is 10.4. The molecule has 0 unspecified atom stereocenters. The van der Waals surface area contributed by atoms with Crippen LogP contribution in [0.25, 0.3) is 16.2 Å². The molecular weight excluding hydrogens is 373 g/mol. The molecule has 0 aliphatic carbocycles. The SMILES string of the molecule is Fc1ccc(-c2nc(CN3CCC(c4nnc5ccccn45)CC3)cs2)cc1. The minimum Gasteiger partial charge on any atom is -0.297 e. The Morgan fingerprint density at radius 2 is 1.86 bits per heavy atom. The number of hydrogen-bond donors (Lipinski definition) is 0. The number of rotatable bonds is 4. The molecule has 4 aromatic rings. The highest BCUT2D eigenvalue weighted by atomic mass is 32.1. The van der Waals surface area contributed by atoms with E-state index in [1.807, 2.05) is 24.4 Å². The molecule has 1 fully saturated rings. The Balaban J connectivity index is 1.22. The van der Waals surface area contributed by atoms with E-state index in [0.29, 0.717) is 5.92 Å². The lowest BCUT2D eigenvalue weighted by Gasteiger charge is -2.30. The first-order valence-electron chi connectivity index (χ1n) is 9.48. The minimum atomic E-state index is -0.219. The second-order valence-electron chi connectivity index (χ2n) is 7.19. The zero-order valence-electron chi connectivity index (χ0n) is 15.3. The van der Waals surface area contributed by atoms with E-state index in [9.17, 15) is 4.39 Å². The predicted octanol–water partition coefficient (Wildman–Crippen LogP) is 4.37. The number of hydrogen-bond acceptors (Lipinski definition) is 5. The van der Waals surface area contributed by atoms with Crippen LogP contribution in [0.15, 0.2) is 54.0 Å². The summed E-state index contributed by atoms with van der Waals surface area (Å²) in [6, 6.07) is 12.5. The van der Waals surface area contributed by atoms with Crippen LogP contribution in [0.1, 0.15) is 30.3 Å². The van der Waals surface area contributed by atoms with Crippen molar-refractivity contribution in [2.24, 2.45) is 0 Å². The van der Waals surface area contributed by atoms with Gasteiger partial charge >= 0.3 is 0 Å². The second-order valence-corrected chi connectivity index (χ2v) is 8.05. The minimum absolute atomic E-state index is 0.219. The molecule has 7 heteroatoms. The van der Waals surface area contributed by atoms with Crippen LogP contribution in [-0.2, 0) is 6.54 Å². The van der Waals surface area contributed by atoms with Crippen LogP contribution >= 0.6 is 11.3 Å². The molecule has 1 aliphatic heterocycles. The Labute approximate surface area is 166 Å². The highest BCUT2D eigenvalue weighted by molar-refractivity contribution is 7.13. The van der Waals surface area contributed by atoms with Gasteiger partial charge in [-0.15, -0.1) is 21.5 Å². The second kappa shape index (κ2) is 7.41. The van der Waals surface area contributed by atoms with E-state index in [2.05, 4.69) is 24.9 Å². The highest BCUT2D eigenvalue weighted by Gasteiger charge is 2.24. The molecular formula is C21H20FN5S. The number of piperidine rings is 1. The first-order chi connectivity index (χ1) is 13.8. The van der Waals surface area contributed by atoms with Crippen LogP contribution in [0.5, 0.6) is 0 Å². The number of halogens is 1. The van der Waals surface area contributed by atoms with Crippen molar-refractivity contribution < 1.29 is 4.39 Å². The van der Waals surface area contributed by atoms with Gasteiger partial charge in [-0.05, 0) is 62.3 Å². The summed E-state index contributed by atoms with van der Waals surface area (Å²) in [7, 11) is 0. The third-order valence-electron chi connectivity index (χ3n) is 5.32. The average molecular weight is 393 g/mol. The zero-order chi connectivity index (χ0) is 18.9. The molecule has 4 heterocycles. The lowest BCUT2D eigenvalue weighted by molar-refractivity contribution is 0.199. The fraction of sp³-hybridized carbons (Fsp3) is 0.286. The van der Waals surface area contributed by atoms with Crippen molar-refractivity contribution in [2.45, 2.75) is 25.3 Å². The molecule has 0 radical (unpaired) electrons. The number of aromatic nitrogens is 4. The molecule has 0 spiro atoms. The Kier molecular flexibility index (Phi) is 4.62. The van der Waals surface area contributed by atoms with Crippen molar-refractivity contribution in [2.75, 3.05) is 13.1 Å². The number of nitrogens with zero attached hydrogens (tertiary/aromatic N) is 5. The number of likely N-dealkylation sites (tertiary alicyclic amines) is 1. The van der Waals surface area contributed by atoms with Gasteiger partial charge in [0.15, 0.2) is 5.65 Å². The highest BCUT2D eigenvalue weighted by Crippen LogP contribution is 2.29. The lowest BCUT2D eigenvalue weighted by Crippen LogP contribution is -2.33. The summed E-state index contributed by atoms with van der Waals surface area (Å²) in [6.07, 6.45) is 4.19.